The van der Waals surface area contributed by atoms with E-state index in [9.17, 15) is 24.3 Å². The van der Waals surface area contributed by atoms with E-state index >= 15 is 0 Å². The fourth-order valence-corrected chi connectivity index (χ4v) is 3.38. The van der Waals surface area contributed by atoms with Gasteiger partial charge in [-0.3, -0.25) is 19.4 Å². The normalized spacial score (nSPS) is 13.1. The predicted molar refractivity (Wildman–Crippen MR) is 135 cm³/mol. The number of hydrogen-bond donors (Lipinski definition) is 8. The molecule has 0 saturated carbocycles. The minimum atomic E-state index is -1.20. The monoisotopic (exact) mass is 506 g/mol. The van der Waals surface area contributed by atoms with Crippen molar-refractivity contribution >= 4 is 29.7 Å². The Morgan fingerprint density at radius 1 is 0.833 bits per heavy atom. The van der Waals surface area contributed by atoms with Crippen molar-refractivity contribution in [1.29, 1.82) is 0 Å². The largest absolute Gasteiger partial charge is 0.480 e. The number of guanidine groups is 1. The summed E-state index contributed by atoms with van der Waals surface area (Å²) in [5.74, 6) is -3.10. The molecule has 3 unspecified atom stereocenters. The Bertz CT molecular complexity index is 877. The molecule has 13 heteroatoms. The minimum absolute atomic E-state index is 0.0748. The zero-order valence-corrected chi connectivity index (χ0v) is 20.3. The number of benzene rings is 1. The molecule has 3 atom stereocenters. The first kappa shape index (κ1) is 30.3. The van der Waals surface area contributed by atoms with E-state index in [4.69, 9.17) is 22.9 Å². The average molecular weight is 507 g/mol. The molecule has 0 spiro atoms. The van der Waals surface area contributed by atoms with Gasteiger partial charge in [-0.1, -0.05) is 30.3 Å². The number of carboxylic acids is 1. The van der Waals surface area contributed by atoms with Crippen molar-refractivity contribution in [2.75, 3.05) is 19.6 Å². The van der Waals surface area contributed by atoms with E-state index in [1.807, 2.05) is 0 Å². The van der Waals surface area contributed by atoms with Crippen molar-refractivity contribution in [2.45, 2.75) is 56.7 Å². The highest BCUT2D eigenvalue weighted by atomic mass is 16.4. The van der Waals surface area contributed by atoms with E-state index in [0.717, 1.165) is 5.56 Å². The third kappa shape index (κ3) is 12.1. The van der Waals surface area contributed by atoms with Gasteiger partial charge in [0.25, 0.3) is 0 Å². The Morgan fingerprint density at radius 3 is 1.97 bits per heavy atom. The molecular weight excluding hydrogens is 468 g/mol. The van der Waals surface area contributed by atoms with Crippen LogP contribution in [0.5, 0.6) is 0 Å². The van der Waals surface area contributed by atoms with Gasteiger partial charge in [-0.25, -0.2) is 4.79 Å². The lowest BCUT2D eigenvalue weighted by Crippen LogP contribution is -2.56. The maximum Gasteiger partial charge on any atom is 0.326 e. The van der Waals surface area contributed by atoms with Gasteiger partial charge in [0.05, 0.1) is 6.54 Å². The Labute approximate surface area is 210 Å². The number of rotatable bonds is 17. The van der Waals surface area contributed by atoms with Crippen LogP contribution in [0.25, 0.3) is 0 Å². The summed E-state index contributed by atoms with van der Waals surface area (Å²) in [6.07, 6.45) is 2.01. The molecule has 0 saturated heterocycles. The summed E-state index contributed by atoms with van der Waals surface area (Å²) in [6, 6.07) is 5.66. The molecule has 1 aromatic carbocycles. The second-order valence-electron chi connectivity index (χ2n) is 8.21. The maximum absolute atomic E-state index is 13.0. The van der Waals surface area contributed by atoms with E-state index < -0.39 is 41.8 Å². The first-order valence-corrected chi connectivity index (χ1v) is 11.8. The molecule has 0 radical (unpaired) electrons. The summed E-state index contributed by atoms with van der Waals surface area (Å²) in [5.41, 5.74) is 22.3. The van der Waals surface area contributed by atoms with Gasteiger partial charge in [-0.15, -0.1) is 0 Å². The van der Waals surface area contributed by atoms with Crippen molar-refractivity contribution in [3.8, 4) is 0 Å². The van der Waals surface area contributed by atoms with Crippen LogP contribution in [0.3, 0.4) is 0 Å². The number of aliphatic carboxylic acids is 1. The fourth-order valence-electron chi connectivity index (χ4n) is 3.38. The van der Waals surface area contributed by atoms with Gasteiger partial charge in [-0.05, 0) is 44.2 Å². The number of aliphatic imine (C=N–C) groups is 1. The SMILES string of the molecule is NCCCCC(NC(=O)C(CCCN=C(N)N)NC(=O)CN)C(=O)NC(Cc1ccccc1)C(=O)O. The summed E-state index contributed by atoms with van der Waals surface area (Å²) in [5, 5.41) is 17.3. The first-order chi connectivity index (χ1) is 17.2. The molecule has 200 valence electrons. The molecule has 36 heavy (non-hydrogen) atoms. The lowest BCUT2D eigenvalue weighted by atomic mass is 10.0. The fraction of sp³-hybridized carbons (Fsp3) is 0.522. The van der Waals surface area contributed by atoms with Gasteiger partial charge in [0.2, 0.25) is 17.7 Å². The van der Waals surface area contributed by atoms with Crippen LogP contribution < -0.4 is 38.9 Å². The van der Waals surface area contributed by atoms with Crippen molar-refractivity contribution in [1.82, 2.24) is 16.0 Å². The van der Waals surface area contributed by atoms with Gasteiger partial charge < -0.3 is 44.0 Å². The molecule has 13 nitrogen and oxygen atoms in total. The molecule has 0 aromatic heterocycles. The molecule has 3 amide bonds. The average Bonchev–Trinajstić information content (AvgIpc) is 2.84. The molecule has 0 fully saturated rings. The molecule has 1 rings (SSSR count). The number of carbonyl (C=O) groups excluding carboxylic acids is 3. The van der Waals surface area contributed by atoms with Crippen LogP contribution in [0.1, 0.15) is 37.7 Å². The van der Waals surface area contributed by atoms with Crippen LogP contribution in [0, 0.1) is 0 Å². The number of unbranched alkanes of at least 4 members (excludes halogenated alkanes) is 1. The third-order valence-corrected chi connectivity index (χ3v) is 5.26. The van der Waals surface area contributed by atoms with Gasteiger partial charge in [0.15, 0.2) is 5.96 Å². The highest BCUT2D eigenvalue weighted by Crippen LogP contribution is 2.07. The molecular formula is C23H38N8O5. The van der Waals surface area contributed by atoms with Crippen molar-refractivity contribution in [3.63, 3.8) is 0 Å². The van der Waals surface area contributed by atoms with Gasteiger partial charge in [0.1, 0.15) is 18.1 Å². The Hall–Kier alpha value is -3.71. The summed E-state index contributed by atoms with van der Waals surface area (Å²) < 4.78 is 0. The zero-order chi connectivity index (χ0) is 26.9. The van der Waals surface area contributed by atoms with E-state index in [2.05, 4.69) is 20.9 Å². The van der Waals surface area contributed by atoms with E-state index in [1.54, 1.807) is 30.3 Å². The summed E-state index contributed by atoms with van der Waals surface area (Å²) in [4.78, 5) is 53.5. The number of nitrogens with one attached hydrogen (secondary N) is 3. The Balaban J connectivity index is 2.95. The Kier molecular flexibility index (Phi) is 14.2. The first-order valence-electron chi connectivity index (χ1n) is 11.8. The predicted octanol–water partition coefficient (Wildman–Crippen LogP) is -2.09. The van der Waals surface area contributed by atoms with E-state index in [-0.39, 0.29) is 38.3 Å². The van der Waals surface area contributed by atoms with Crippen LogP contribution in [0.15, 0.2) is 35.3 Å². The van der Waals surface area contributed by atoms with Crippen molar-refractivity contribution < 1.29 is 24.3 Å². The minimum Gasteiger partial charge on any atom is -0.480 e. The molecule has 12 N–H and O–H groups in total. The van der Waals surface area contributed by atoms with Gasteiger partial charge in [-0.2, -0.15) is 0 Å². The number of nitrogens with two attached hydrogens (primary N) is 4. The van der Waals surface area contributed by atoms with E-state index in [1.165, 1.54) is 0 Å². The summed E-state index contributed by atoms with van der Waals surface area (Å²) >= 11 is 0. The lowest BCUT2D eigenvalue weighted by Gasteiger charge is -2.24. The smallest absolute Gasteiger partial charge is 0.326 e. The maximum atomic E-state index is 13.0. The second-order valence-corrected chi connectivity index (χ2v) is 8.21. The molecule has 0 aliphatic carbocycles. The molecule has 0 aliphatic heterocycles. The second kappa shape index (κ2) is 16.8. The van der Waals surface area contributed by atoms with Gasteiger partial charge >= 0.3 is 5.97 Å². The van der Waals surface area contributed by atoms with Crippen molar-refractivity contribution in [2.24, 2.45) is 27.9 Å². The summed E-state index contributed by atoms with van der Waals surface area (Å²) in [7, 11) is 0. The van der Waals surface area contributed by atoms with Crippen LogP contribution >= 0.6 is 0 Å². The lowest BCUT2D eigenvalue weighted by molar-refractivity contribution is -0.142. The molecule has 0 bridgehead atoms. The van der Waals surface area contributed by atoms with E-state index in [0.29, 0.717) is 25.8 Å². The molecule has 0 heterocycles. The van der Waals surface area contributed by atoms with Crippen LogP contribution in [-0.2, 0) is 25.6 Å². The van der Waals surface area contributed by atoms with Crippen molar-refractivity contribution in [3.05, 3.63) is 35.9 Å². The van der Waals surface area contributed by atoms with Crippen LogP contribution in [0.4, 0.5) is 0 Å². The number of amides is 3. The number of carboxylic acid groups (broad SMARTS) is 1. The summed E-state index contributed by atoms with van der Waals surface area (Å²) in [6.45, 7) is 0.316. The zero-order valence-electron chi connectivity index (χ0n) is 20.3. The highest BCUT2D eigenvalue weighted by molar-refractivity contribution is 5.93. The number of hydrogen-bond acceptors (Lipinski definition) is 7. The van der Waals surface area contributed by atoms with Crippen LogP contribution in [0.2, 0.25) is 0 Å². The third-order valence-electron chi connectivity index (χ3n) is 5.26. The molecule has 0 aliphatic rings. The highest BCUT2D eigenvalue weighted by Gasteiger charge is 2.29. The topological polar surface area (TPSA) is 241 Å². The van der Waals surface area contributed by atoms with Crippen LogP contribution in [-0.4, -0.2) is 72.5 Å². The quantitative estimate of drug-likeness (QED) is 0.0655. The number of carbonyl (C=O) groups is 4. The standard InChI is InChI=1S/C23H38N8O5/c24-11-5-4-9-17(21(34)31-18(22(35)36)13-15-7-2-1-3-8-15)30-20(33)16(29-19(32)14-25)10-6-12-28-23(26)27/h1-3,7-8,16-18H,4-6,9-14,24-25H2,(H,29,32)(H,30,33)(H,31,34)(H,35,36)(H4,26,27,28). The Morgan fingerprint density at radius 2 is 1.42 bits per heavy atom. The van der Waals surface area contributed by atoms with Gasteiger partial charge in [0, 0.05) is 13.0 Å². The number of nitrogens with zero attached hydrogens (tertiary/aromatic N) is 1. The molecule has 1 aromatic rings.